The second-order valence-corrected chi connectivity index (χ2v) is 5.88. The third-order valence-corrected chi connectivity index (χ3v) is 4.31. The number of benzene rings is 2. The normalized spacial score (nSPS) is 14.0. The summed E-state index contributed by atoms with van der Waals surface area (Å²) in [5, 5.41) is 22.2. The zero-order chi connectivity index (χ0) is 15.5. The molecule has 3 nitrogen and oxygen atoms in total. The van der Waals surface area contributed by atoms with E-state index in [-0.39, 0.29) is 0 Å². The lowest BCUT2D eigenvalue weighted by Gasteiger charge is -2.24. The maximum absolute atomic E-state index is 13.4. The zero-order valence-corrected chi connectivity index (χ0v) is 12.5. The number of rotatable bonds is 5. The van der Waals surface area contributed by atoms with E-state index < -0.39 is 24.6 Å². The summed E-state index contributed by atoms with van der Waals surface area (Å²) in [4.78, 5) is 0. The van der Waals surface area contributed by atoms with Gasteiger partial charge in [0.05, 0.1) is 6.61 Å². The van der Waals surface area contributed by atoms with Gasteiger partial charge in [0.25, 0.3) is 0 Å². The summed E-state index contributed by atoms with van der Waals surface area (Å²) in [7, 11) is 0. The maximum Gasteiger partial charge on any atom is 0.152 e. The fourth-order valence-corrected chi connectivity index (χ4v) is 3.16. The third-order valence-electron chi connectivity index (χ3n) is 3.42. The Morgan fingerprint density at radius 1 is 1.14 bits per heavy atom. The number of hydrogen-bond acceptors (Lipinski definition) is 4. The number of aliphatic hydroxyl groups excluding tert-OH is 2. The van der Waals surface area contributed by atoms with Crippen LogP contribution in [0.4, 0.5) is 4.39 Å². The van der Waals surface area contributed by atoms with E-state index in [1.165, 1.54) is 12.1 Å². The SMILES string of the molecule is OC[C@@H](O)[C@@H](Oc1cccc2sccc12)c1cccc(F)c1. The molecule has 0 amide bonds. The van der Waals surface area contributed by atoms with E-state index >= 15 is 0 Å². The van der Waals surface area contributed by atoms with Gasteiger partial charge < -0.3 is 14.9 Å². The van der Waals surface area contributed by atoms with Gasteiger partial charge in [0, 0.05) is 10.1 Å². The van der Waals surface area contributed by atoms with Crippen LogP contribution in [-0.4, -0.2) is 22.9 Å². The van der Waals surface area contributed by atoms with Crippen molar-refractivity contribution in [2.75, 3.05) is 6.61 Å². The monoisotopic (exact) mass is 318 g/mol. The van der Waals surface area contributed by atoms with Gasteiger partial charge in [-0.15, -0.1) is 11.3 Å². The average molecular weight is 318 g/mol. The fraction of sp³-hybridized carbons (Fsp3) is 0.176. The van der Waals surface area contributed by atoms with E-state index in [9.17, 15) is 14.6 Å². The van der Waals surface area contributed by atoms with E-state index in [4.69, 9.17) is 4.74 Å². The van der Waals surface area contributed by atoms with Gasteiger partial charge in [0.1, 0.15) is 17.7 Å². The molecule has 0 aliphatic carbocycles. The van der Waals surface area contributed by atoms with Crippen LogP contribution in [0.3, 0.4) is 0 Å². The van der Waals surface area contributed by atoms with Gasteiger partial charge in [-0.1, -0.05) is 18.2 Å². The molecule has 3 aromatic rings. The van der Waals surface area contributed by atoms with Gasteiger partial charge in [0.15, 0.2) is 6.10 Å². The van der Waals surface area contributed by atoms with Crippen LogP contribution in [0.2, 0.25) is 0 Å². The van der Waals surface area contributed by atoms with Crippen molar-refractivity contribution in [1.82, 2.24) is 0 Å². The first-order chi connectivity index (χ1) is 10.7. The topological polar surface area (TPSA) is 49.7 Å². The van der Waals surface area contributed by atoms with Crippen molar-refractivity contribution in [2.24, 2.45) is 0 Å². The van der Waals surface area contributed by atoms with Crippen LogP contribution in [0.5, 0.6) is 5.75 Å². The highest BCUT2D eigenvalue weighted by Gasteiger charge is 2.24. The van der Waals surface area contributed by atoms with Crippen molar-refractivity contribution in [3.63, 3.8) is 0 Å². The molecule has 2 aromatic carbocycles. The molecule has 0 aliphatic heterocycles. The number of halogens is 1. The molecule has 5 heteroatoms. The summed E-state index contributed by atoms with van der Waals surface area (Å²) in [6.07, 6.45) is -1.98. The van der Waals surface area contributed by atoms with Crippen LogP contribution < -0.4 is 4.74 Å². The molecule has 2 atom stereocenters. The molecule has 0 fully saturated rings. The predicted octanol–water partition coefficient (Wildman–Crippen LogP) is 3.51. The number of fused-ring (bicyclic) bond motifs is 1. The van der Waals surface area contributed by atoms with Crippen molar-refractivity contribution in [1.29, 1.82) is 0 Å². The van der Waals surface area contributed by atoms with Gasteiger partial charge >= 0.3 is 0 Å². The van der Waals surface area contributed by atoms with Crippen molar-refractivity contribution in [2.45, 2.75) is 12.2 Å². The minimum Gasteiger partial charge on any atom is -0.482 e. The lowest BCUT2D eigenvalue weighted by Crippen LogP contribution is -2.27. The molecule has 0 saturated heterocycles. The minimum atomic E-state index is -1.14. The van der Waals surface area contributed by atoms with Crippen LogP contribution in [-0.2, 0) is 0 Å². The van der Waals surface area contributed by atoms with Crippen LogP contribution in [0, 0.1) is 5.82 Å². The summed E-state index contributed by atoms with van der Waals surface area (Å²) in [5.41, 5.74) is 0.480. The number of ether oxygens (including phenoxy) is 1. The van der Waals surface area contributed by atoms with Gasteiger partial charge in [-0.25, -0.2) is 4.39 Å². The van der Waals surface area contributed by atoms with Crippen LogP contribution in [0.25, 0.3) is 10.1 Å². The molecule has 0 radical (unpaired) electrons. The Morgan fingerprint density at radius 2 is 1.95 bits per heavy atom. The highest BCUT2D eigenvalue weighted by Crippen LogP contribution is 2.33. The summed E-state index contributed by atoms with van der Waals surface area (Å²) in [5.74, 6) is 0.186. The van der Waals surface area contributed by atoms with Gasteiger partial charge in [-0.3, -0.25) is 0 Å². The van der Waals surface area contributed by atoms with Gasteiger partial charge in [0.2, 0.25) is 0 Å². The molecule has 0 spiro atoms. The Labute approximate surface area is 131 Å². The van der Waals surface area contributed by atoms with Crippen molar-refractivity contribution >= 4 is 21.4 Å². The zero-order valence-electron chi connectivity index (χ0n) is 11.6. The Hall–Kier alpha value is -1.95. The number of hydrogen-bond donors (Lipinski definition) is 2. The van der Waals surface area contributed by atoms with Crippen molar-refractivity contribution in [3.8, 4) is 5.75 Å². The first kappa shape index (κ1) is 15.0. The molecule has 0 saturated carbocycles. The molecule has 1 aromatic heterocycles. The maximum atomic E-state index is 13.4. The van der Waals surface area contributed by atoms with E-state index in [0.717, 1.165) is 10.1 Å². The highest BCUT2D eigenvalue weighted by atomic mass is 32.1. The quantitative estimate of drug-likeness (QED) is 0.757. The molecule has 0 unspecified atom stereocenters. The molecule has 114 valence electrons. The van der Waals surface area contributed by atoms with Crippen LogP contribution in [0.15, 0.2) is 53.9 Å². The molecule has 0 bridgehead atoms. The average Bonchev–Trinajstić information content (AvgIpc) is 3.01. The summed E-state index contributed by atoms with van der Waals surface area (Å²) < 4.78 is 20.4. The van der Waals surface area contributed by atoms with E-state index in [1.807, 2.05) is 23.6 Å². The van der Waals surface area contributed by atoms with E-state index in [0.29, 0.717) is 11.3 Å². The second kappa shape index (κ2) is 6.44. The largest absolute Gasteiger partial charge is 0.482 e. The lowest BCUT2D eigenvalue weighted by atomic mass is 10.0. The smallest absolute Gasteiger partial charge is 0.152 e. The van der Waals surface area contributed by atoms with Gasteiger partial charge in [-0.2, -0.15) is 0 Å². The predicted molar refractivity (Wildman–Crippen MR) is 84.7 cm³/mol. The standard InChI is InChI=1S/C17H15FO3S/c18-12-4-1-3-11(9-12)17(14(20)10-19)21-15-5-2-6-16-13(15)7-8-22-16/h1-9,14,17,19-20H,10H2/t14-,17+/m1/s1. The molecular weight excluding hydrogens is 303 g/mol. The fourth-order valence-electron chi connectivity index (χ4n) is 2.35. The second-order valence-electron chi connectivity index (χ2n) is 4.93. The van der Waals surface area contributed by atoms with Crippen LogP contribution >= 0.6 is 11.3 Å². The molecule has 1 heterocycles. The number of aliphatic hydroxyl groups is 2. The van der Waals surface area contributed by atoms with Crippen molar-refractivity contribution < 1.29 is 19.3 Å². The Morgan fingerprint density at radius 3 is 2.73 bits per heavy atom. The van der Waals surface area contributed by atoms with Crippen molar-refractivity contribution in [3.05, 3.63) is 65.3 Å². The Bertz CT molecular complexity index is 771. The number of thiophene rings is 1. The van der Waals surface area contributed by atoms with E-state index in [2.05, 4.69) is 0 Å². The molecule has 3 rings (SSSR count). The summed E-state index contributed by atoms with van der Waals surface area (Å²) >= 11 is 1.59. The summed E-state index contributed by atoms with van der Waals surface area (Å²) in [6, 6.07) is 13.4. The van der Waals surface area contributed by atoms with E-state index in [1.54, 1.807) is 29.5 Å². The summed E-state index contributed by atoms with van der Waals surface area (Å²) in [6.45, 7) is -0.471. The van der Waals surface area contributed by atoms with Crippen LogP contribution in [0.1, 0.15) is 11.7 Å². The molecule has 22 heavy (non-hydrogen) atoms. The highest BCUT2D eigenvalue weighted by molar-refractivity contribution is 7.17. The van der Waals surface area contributed by atoms with Gasteiger partial charge in [-0.05, 0) is 41.3 Å². The Kier molecular flexibility index (Phi) is 4.38. The lowest BCUT2D eigenvalue weighted by molar-refractivity contribution is -0.00134. The minimum absolute atomic E-state index is 0.412. The third kappa shape index (κ3) is 2.97. The first-order valence-electron chi connectivity index (χ1n) is 6.86. The molecule has 2 N–H and O–H groups in total. The molecular formula is C17H15FO3S. The molecule has 0 aliphatic rings. The Balaban J connectivity index is 1.98. The first-order valence-corrected chi connectivity index (χ1v) is 7.74.